The first-order valence-corrected chi connectivity index (χ1v) is 7.99. The number of anilines is 1. The number of ether oxygens (including phenoxy) is 1. The Hall–Kier alpha value is -2.00. The SMILES string of the molecule is CC1CN(c2ccc(OCc3ccccc3)cc2)CCC1N. The molecule has 1 fully saturated rings. The van der Waals surface area contributed by atoms with E-state index in [1.807, 2.05) is 18.2 Å². The van der Waals surface area contributed by atoms with Gasteiger partial charge < -0.3 is 15.4 Å². The molecule has 1 aliphatic heterocycles. The Morgan fingerprint density at radius 3 is 2.50 bits per heavy atom. The fourth-order valence-corrected chi connectivity index (χ4v) is 2.89. The molecule has 0 radical (unpaired) electrons. The molecule has 0 bridgehead atoms. The number of nitrogens with zero attached hydrogens (tertiary/aromatic N) is 1. The number of nitrogens with two attached hydrogens (primary N) is 1. The fourth-order valence-electron chi connectivity index (χ4n) is 2.89. The molecule has 0 aliphatic carbocycles. The maximum atomic E-state index is 6.09. The van der Waals surface area contributed by atoms with Gasteiger partial charge in [0, 0.05) is 24.8 Å². The predicted octanol–water partition coefficient (Wildman–Crippen LogP) is 3.44. The van der Waals surface area contributed by atoms with Crippen molar-refractivity contribution in [3.05, 3.63) is 60.2 Å². The second kappa shape index (κ2) is 6.84. The molecule has 2 N–H and O–H groups in total. The average molecular weight is 296 g/mol. The summed E-state index contributed by atoms with van der Waals surface area (Å²) in [6.45, 7) is 4.91. The van der Waals surface area contributed by atoms with E-state index < -0.39 is 0 Å². The molecule has 2 atom stereocenters. The molecule has 2 unspecified atom stereocenters. The summed E-state index contributed by atoms with van der Waals surface area (Å²) < 4.78 is 5.83. The zero-order valence-corrected chi connectivity index (χ0v) is 13.1. The lowest BCUT2D eigenvalue weighted by molar-refractivity contribution is 0.306. The van der Waals surface area contributed by atoms with Crippen LogP contribution in [0, 0.1) is 5.92 Å². The van der Waals surface area contributed by atoms with Gasteiger partial charge in [-0.2, -0.15) is 0 Å². The molecule has 1 heterocycles. The number of benzene rings is 2. The van der Waals surface area contributed by atoms with E-state index in [4.69, 9.17) is 10.5 Å². The molecule has 1 aliphatic rings. The van der Waals surface area contributed by atoms with Gasteiger partial charge in [0.25, 0.3) is 0 Å². The summed E-state index contributed by atoms with van der Waals surface area (Å²) in [5.74, 6) is 1.46. The molecule has 2 aromatic carbocycles. The lowest BCUT2D eigenvalue weighted by Crippen LogP contribution is -2.45. The molecule has 3 rings (SSSR count). The van der Waals surface area contributed by atoms with Crippen LogP contribution in [0.3, 0.4) is 0 Å². The van der Waals surface area contributed by atoms with E-state index in [-0.39, 0.29) is 0 Å². The highest BCUT2D eigenvalue weighted by molar-refractivity contribution is 5.49. The number of rotatable bonds is 4. The maximum Gasteiger partial charge on any atom is 0.119 e. The minimum Gasteiger partial charge on any atom is -0.489 e. The summed E-state index contributed by atoms with van der Waals surface area (Å²) in [4.78, 5) is 2.41. The minimum atomic E-state index is 0.338. The summed E-state index contributed by atoms with van der Waals surface area (Å²) in [7, 11) is 0. The molecule has 1 saturated heterocycles. The van der Waals surface area contributed by atoms with Crippen LogP contribution in [-0.2, 0) is 6.61 Å². The van der Waals surface area contributed by atoms with E-state index in [9.17, 15) is 0 Å². The smallest absolute Gasteiger partial charge is 0.119 e. The van der Waals surface area contributed by atoms with E-state index >= 15 is 0 Å². The van der Waals surface area contributed by atoms with Gasteiger partial charge >= 0.3 is 0 Å². The van der Waals surface area contributed by atoms with Crippen molar-refractivity contribution in [1.82, 2.24) is 0 Å². The van der Waals surface area contributed by atoms with Crippen LogP contribution < -0.4 is 15.4 Å². The molecule has 2 aromatic rings. The van der Waals surface area contributed by atoms with E-state index in [0.717, 1.165) is 25.3 Å². The summed E-state index contributed by atoms with van der Waals surface area (Å²) in [5.41, 5.74) is 8.53. The van der Waals surface area contributed by atoms with Crippen molar-refractivity contribution < 1.29 is 4.74 Å². The molecular formula is C19H24N2O. The molecule has 22 heavy (non-hydrogen) atoms. The van der Waals surface area contributed by atoms with Crippen LogP contribution in [0.15, 0.2) is 54.6 Å². The van der Waals surface area contributed by atoms with Crippen molar-refractivity contribution in [1.29, 1.82) is 0 Å². The summed E-state index contributed by atoms with van der Waals surface area (Å²) in [6.07, 6.45) is 1.06. The Morgan fingerprint density at radius 1 is 1.09 bits per heavy atom. The summed E-state index contributed by atoms with van der Waals surface area (Å²) >= 11 is 0. The topological polar surface area (TPSA) is 38.5 Å². The van der Waals surface area contributed by atoms with Crippen LogP contribution in [0.1, 0.15) is 18.9 Å². The Morgan fingerprint density at radius 2 is 1.82 bits per heavy atom. The first kappa shape index (κ1) is 14.9. The van der Waals surface area contributed by atoms with Crippen LogP contribution in [0.5, 0.6) is 5.75 Å². The number of hydrogen-bond acceptors (Lipinski definition) is 3. The van der Waals surface area contributed by atoms with Gasteiger partial charge in [-0.05, 0) is 42.2 Å². The average Bonchev–Trinajstić information content (AvgIpc) is 2.57. The van der Waals surface area contributed by atoms with Gasteiger partial charge in [0.15, 0.2) is 0 Å². The van der Waals surface area contributed by atoms with Gasteiger partial charge in [0.1, 0.15) is 12.4 Å². The first-order chi connectivity index (χ1) is 10.7. The lowest BCUT2D eigenvalue weighted by atomic mass is 9.94. The third-order valence-electron chi connectivity index (χ3n) is 4.42. The summed E-state index contributed by atoms with van der Waals surface area (Å²) in [5, 5.41) is 0. The van der Waals surface area contributed by atoms with Crippen LogP contribution in [-0.4, -0.2) is 19.1 Å². The number of hydrogen-bond donors (Lipinski definition) is 1. The van der Waals surface area contributed by atoms with E-state index in [2.05, 4.69) is 48.2 Å². The van der Waals surface area contributed by atoms with Crippen molar-refractivity contribution >= 4 is 5.69 Å². The molecule has 0 saturated carbocycles. The van der Waals surface area contributed by atoms with Crippen LogP contribution in [0.2, 0.25) is 0 Å². The Bertz CT molecular complexity index is 582. The van der Waals surface area contributed by atoms with Gasteiger partial charge in [0.2, 0.25) is 0 Å². The number of piperidine rings is 1. The quantitative estimate of drug-likeness (QED) is 0.939. The zero-order chi connectivity index (χ0) is 15.4. The van der Waals surface area contributed by atoms with Crippen molar-refractivity contribution in [3.8, 4) is 5.75 Å². The normalized spacial score (nSPS) is 21.6. The minimum absolute atomic E-state index is 0.338. The molecule has 0 spiro atoms. The zero-order valence-electron chi connectivity index (χ0n) is 13.1. The maximum absolute atomic E-state index is 6.09. The lowest BCUT2D eigenvalue weighted by Gasteiger charge is -2.36. The third-order valence-corrected chi connectivity index (χ3v) is 4.42. The standard InChI is InChI=1S/C19H24N2O/c1-15-13-21(12-11-19(15)20)17-7-9-18(10-8-17)22-14-16-5-3-2-4-6-16/h2-10,15,19H,11-14,20H2,1H3. The van der Waals surface area contributed by atoms with Crippen molar-refractivity contribution in [2.24, 2.45) is 11.7 Å². The third kappa shape index (κ3) is 3.60. The van der Waals surface area contributed by atoms with Gasteiger partial charge in [-0.1, -0.05) is 37.3 Å². The van der Waals surface area contributed by atoms with E-state index in [0.29, 0.717) is 18.6 Å². The van der Waals surface area contributed by atoms with E-state index in [1.165, 1.54) is 11.3 Å². The fraction of sp³-hybridized carbons (Fsp3) is 0.368. The van der Waals surface area contributed by atoms with Crippen LogP contribution in [0.25, 0.3) is 0 Å². The van der Waals surface area contributed by atoms with Gasteiger partial charge in [0.05, 0.1) is 0 Å². The molecule has 3 nitrogen and oxygen atoms in total. The molecular weight excluding hydrogens is 272 g/mol. The van der Waals surface area contributed by atoms with Gasteiger partial charge in [-0.15, -0.1) is 0 Å². The first-order valence-electron chi connectivity index (χ1n) is 7.99. The Labute approximate surface area is 132 Å². The van der Waals surface area contributed by atoms with Crippen LogP contribution in [0.4, 0.5) is 5.69 Å². The van der Waals surface area contributed by atoms with Crippen molar-refractivity contribution in [3.63, 3.8) is 0 Å². The molecule has 0 amide bonds. The van der Waals surface area contributed by atoms with Gasteiger partial charge in [-0.3, -0.25) is 0 Å². The summed E-state index contributed by atoms with van der Waals surface area (Å²) in [6, 6.07) is 19.0. The van der Waals surface area contributed by atoms with Gasteiger partial charge in [-0.25, -0.2) is 0 Å². The molecule has 116 valence electrons. The second-order valence-corrected chi connectivity index (χ2v) is 6.14. The predicted molar refractivity (Wildman–Crippen MR) is 91.2 cm³/mol. The highest BCUT2D eigenvalue weighted by Gasteiger charge is 2.23. The highest BCUT2D eigenvalue weighted by Crippen LogP contribution is 2.25. The Balaban J connectivity index is 1.58. The highest BCUT2D eigenvalue weighted by atomic mass is 16.5. The second-order valence-electron chi connectivity index (χ2n) is 6.14. The molecule has 3 heteroatoms. The van der Waals surface area contributed by atoms with Crippen LogP contribution >= 0.6 is 0 Å². The van der Waals surface area contributed by atoms with Crippen molar-refractivity contribution in [2.75, 3.05) is 18.0 Å². The largest absolute Gasteiger partial charge is 0.489 e. The van der Waals surface area contributed by atoms with E-state index in [1.54, 1.807) is 0 Å². The Kier molecular flexibility index (Phi) is 4.64. The monoisotopic (exact) mass is 296 g/mol. The van der Waals surface area contributed by atoms with Crippen molar-refractivity contribution in [2.45, 2.75) is 26.0 Å². The molecule has 0 aromatic heterocycles.